The van der Waals surface area contributed by atoms with E-state index in [1.807, 2.05) is 44.2 Å². The van der Waals surface area contributed by atoms with Gasteiger partial charge in [0.15, 0.2) is 5.60 Å². The van der Waals surface area contributed by atoms with Crippen molar-refractivity contribution in [2.45, 2.75) is 31.9 Å². The smallest absolute Gasteiger partial charge is 0.388 e. The van der Waals surface area contributed by atoms with Crippen LogP contribution in [0.4, 0.5) is 0 Å². The average molecular weight is 534 g/mol. The van der Waals surface area contributed by atoms with Crippen LogP contribution in [0.25, 0.3) is 43.5 Å². The van der Waals surface area contributed by atoms with Crippen LogP contribution in [0.5, 0.6) is 0 Å². The van der Waals surface area contributed by atoms with E-state index in [2.05, 4.69) is 72.8 Å². The first-order valence-electron chi connectivity index (χ1n) is 13.2. The van der Waals surface area contributed by atoms with Crippen LogP contribution in [0.2, 0.25) is 0 Å². The summed E-state index contributed by atoms with van der Waals surface area (Å²) in [5.74, 6) is 0.569. The van der Waals surface area contributed by atoms with E-state index in [1.165, 1.54) is 5.56 Å². The molecule has 5 aromatic carbocycles. The molecule has 0 amide bonds. The maximum Gasteiger partial charge on any atom is 0.388 e. The van der Waals surface area contributed by atoms with Crippen LogP contribution in [-0.2, 0) is 11.2 Å². The molecule has 0 radical (unpaired) electrons. The van der Waals surface area contributed by atoms with E-state index in [-0.39, 0.29) is 6.04 Å². The van der Waals surface area contributed by atoms with Crippen molar-refractivity contribution in [2.75, 3.05) is 6.61 Å². The molecule has 194 valence electrons. The van der Waals surface area contributed by atoms with Crippen molar-refractivity contribution >= 4 is 57.6 Å². The lowest BCUT2D eigenvalue weighted by molar-refractivity contribution is 0.188. The minimum atomic E-state index is -1.81. The van der Waals surface area contributed by atoms with Gasteiger partial charge in [-0.1, -0.05) is 91.0 Å². The standard InChI is InChI=1S/C33H28NO4P/c1-33(2,32-34-25(21-35-32)20-22-10-4-3-5-11-22)38-39-36-28-18-16-23-12-6-8-14-26(23)30(28)31-27-15-9-7-13-24(27)17-19-29(31)37-39/h3-19,25H,20-21H2,1-2H3/t25-/m1/s1. The molecule has 5 nitrogen and oxygen atoms in total. The van der Waals surface area contributed by atoms with Crippen molar-refractivity contribution in [1.82, 2.24) is 0 Å². The predicted octanol–water partition coefficient (Wildman–Crippen LogP) is 8.84. The van der Waals surface area contributed by atoms with Gasteiger partial charge in [0.2, 0.25) is 5.90 Å². The zero-order chi connectivity index (χ0) is 26.4. The number of benzene rings is 5. The number of hydrogen-bond acceptors (Lipinski definition) is 5. The molecule has 1 atom stereocenters. The van der Waals surface area contributed by atoms with E-state index < -0.39 is 13.8 Å². The maximum absolute atomic E-state index is 6.54. The third kappa shape index (κ3) is 4.48. The molecule has 0 aliphatic carbocycles. The Labute approximate surface area is 227 Å². The Morgan fingerprint density at radius 2 is 1.31 bits per heavy atom. The number of ether oxygens (including phenoxy) is 1. The summed E-state index contributed by atoms with van der Waals surface area (Å²) in [6.07, 6.45) is 0.823. The van der Waals surface area contributed by atoms with Crippen LogP contribution in [0, 0.1) is 0 Å². The van der Waals surface area contributed by atoms with Gasteiger partial charge >= 0.3 is 8.24 Å². The molecule has 0 saturated heterocycles. The number of rotatable bonds is 5. The highest BCUT2D eigenvalue weighted by atomic mass is 31.1. The maximum atomic E-state index is 6.54. The summed E-state index contributed by atoms with van der Waals surface area (Å²) in [7, 11) is -1.81. The van der Waals surface area contributed by atoms with Gasteiger partial charge in [0, 0.05) is 10.8 Å². The van der Waals surface area contributed by atoms with Crippen LogP contribution in [0.3, 0.4) is 0 Å². The van der Waals surface area contributed by atoms with Crippen molar-refractivity contribution in [3.05, 3.63) is 109 Å². The van der Waals surface area contributed by atoms with Gasteiger partial charge in [0.1, 0.15) is 17.8 Å². The molecule has 1 aliphatic heterocycles. The van der Waals surface area contributed by atoms with Crippen molar-refractivity contribution in [1.29, 1.82) is 0 Å². The molecule has 2 heterocycles. The third-order valence-corrected chi connectivity index (χ3v) is 8.52. The molecule has 6 heteroatoms. The quantitative estimate of drug-likeness (QED) is 0.222. The predicted molar refractivity (Wildman–Crippen MR) is 159 cm³/mol. The zero-order valence-corrected chi connectivity index (χ0v) is 22.7. The lowest BCUT2D eigenvalue weighted by Crippen LogP contribution is -2.37. The molecule has 1 aliphatic rings. The fourth-order valence-corrected chi connectivity index (χ4v) is 6.54. The molecular weight excluding hydrogens is 505 g/mol. The Bertz CT molecular complexity index is 1810. The monoisotopic (exact) mass is 533 g/mol. The Balaban J connectivity index is 1.36. The van der Waals surface area contributed by atoms with Gasteiger partial charge in [-0.25, -0.2) is 4.99 Å². The molecular formula is C33H28NO4P. The minimum Gasteiger partial charge on any atom is -0.477 e. The van der Waals surface area contributed by atoms with Gasteiger partial charge in [-0.3, -0.25) is 4.52 Å². The summed E-state index contributed by atoms with van der Waals surface area (Å²) in [6, 6.07) is 35.4. The van der Waals surface area contributed by atoms with E-state index in [0.717, 1.165) is 49.9 Å². The van der Waals surface area contributed by atoms with Crippen molar-refractivity contribution in [3.63, 3.8) is 0 Å². The van der Waals surface area contributed by atoms with Crippen molar-refractivity contribution in [3.8, 4) is 0 Å². The normalized spacial score (nSPS) is 15.6. The van der Waals surface area contributed by atoms with E-state index in [4.69, 9.17) is 22.6 Å². The lowest BCUT2D eigenvalue weighted by atomic mass is 9.99. The van der Waals surface area contributed by atoms with E-state index in [1.54, 1.807) is 0 Å². The van der Waals surface area contributed by atoms with Crippen LogP contribution in [0.15, 0.2) is 117 Å². The summed E-state index contributed by atoms with van der Waals surface area (Å²) in [4.78, 5) is 4.88. The molecule has 39 heavy (non-hydrogen) atoms. The Hall–Kier alpha value is -4.05. The first-order valence-corrected chi connectivity index (χ1v) is 14.3. The molecule has 0 unspecified atom stereocenters. The zero-order valence-electron chi connectivity index (χ0n) is 21.8. The van der Waals surface area contributed by atoms with E-state index in [9.17, 15) is 0 Å². The van der Waals surface area contributed by atoms with Crippen molar-refractivity contribution < 1.29 is 17.7 Å². The number of fused-ring (bicyclic) bond motifs is 7. The molecule has 0 saturated carbocycles. The Morgan fingerprint density at radius 3 is 1.92 bits per heavy atom. The van der Waals surface area contributed by atoms with Crippen LogP contribution in [-0.4, -0.2) is 24.1 Å². The minimum absolute atomic E-state index is 0.0493. The van der Waals surface area contributed by atoms with Crippen LogP contribution in [0.1, 0.15) is 19.4 Å². The highest BCUT2D eigenvalue weighted by Gasteiger charge is 2.36. The van der Waals surface area contributed by atoms with E-state index >= 15 is 0 Å². The number of hydrogen-bond donors (Lipinski definition) is 0. The summed E-state index contributed by atoms with van der Waals surface area (Å²) in [5, 5.41) is 6.54. The topological polar surface area (TPSA) is 57.1 Å². The first kappa shape index (κ1) is 24.0. The van der Waals surface area contributed by atoms with Crippen molar-refractivity contribution in [2.24, 2.45) is 4.99 Å². The fraction of sp³-hybridized carbons (Fsp3) is 0.182. The third-order valence-electron chi connectivity index (χ3n) is 7.22. The summed E-state index contributed by atoms with van der Waals surface area (Å²) < 4.78 is 25.6. The second kappa shape index (κ2) is 9.60. The van der Waals surface area contributed by atoms with Crippen LogP contribution < -0.4 is 4.52 Å². The second-order valence-corrected chi connectivity index (χ2v) is 11.4. The average Bonchev–Trinajstić information content (AvgIpc) is 3.36. The van der Waals surface area contributed by atoms with Gasteiger partial charge in [-0.2, -0.15) is 0 Å². The SMILES string of the molecule is CC(C)(Op1oc2ccc3ccccc3c2c2c(ccc3ccccc32)o1)C1=N[C@H](Cc2ccccc2)CO1. The number of nitrogens with zero attached hydrogens (tertiary/aromatic N) is 1. The van der Waals surface area contributed by atoms with Crippen LogP contribution >= 0.6 is 8.24 Å². The second-order valence-electron chi connectivity index (χ2n) is 10.4. The summed E-state index contributed by atoms with van der Waals surface area (Å²) in [5.41, 5.74) is 1.88. The molecule has 1 aromatic heterocycles. The van der Waals surface area contributed by atoms with Gasteiger partial charge < -0.3 is 13.1 Å². The Morgan fingerprint density at radius 1 is 0.744 bits per heavy atom. The first-order chi connectivity index (χ1) is 19.0. The summed E-state index contributed by atoms with van der Waals surface area (Å²) in [6.45, 7) is 4.44. The van der Waals surface area contributed by atoms with Gasteiger partial charge in [0.05, 0.1) is 6.04 Å². The molecule has 6 aromatic rings. The fourth-order valence-electron chi connectivity index (χ4n) is 5.35. The number of aliphatic imine (C=N–C) groups is 1. The highest BCUT2D eigenvalue weighted by Crippen LogP contribution is 2.41. The highest BCUT2D eigenvalue weighted by molar-refractivity contribution is 7.32. The van der Waals surface area contributed by atoms with Gasteiger partial charge in [0.25, 0.3) is 0 Å². The Kier molecular flexibility index (Phi) is 5.92. The molecule has 0 bridgehead atoms. The molecule has 7 rings (SSSR count). The lowest BCUT2D eigenvalue weighted by Gasteiger charge is -2.21. The summed E-state index contributed by atoms with van der Waals surface area (Å²) >= 11 is 0. The largest absolute Gasteiger partial charge is 0.477 e. The molecule has 0 spiro atoms. The van der Waals surface area contributed by atoms with Gasteiger partial charge in [-0.05, 0) is 59.5 Å². The molecule has 0 N–H and O–H groups in total. The van der Waals surface area contributed by atoms with Gasteiger partial charge in [-0.15, -0.1) is 0 Å². The molecule has 0 fully saturated rings. The van der Waals surface area contributed by atoms with E-state index in [0.29, 0.717) is 12.5 Å².